The van der Waals surface area contributed by atoms with E-state index in [1.807, 2.05) is 13.8 Å². The average Bonchev–Trinajstić information content (AvgIpc) is 2.59. The van der Waals surface area contributed by atoms with Crippen LogP contribution in [0.25, 0.3) is 0 Å². The summed E-state index contributed by atoms with van der Waals surface area (Å²) in [6.45, 7) is 7.05. The Hall–Kier alpha value is -1.56. The van der Waals surface area contributed by atoms with E-state index in [9.17, 15) is 4.79 Å². The van der Waals surface area contributed by atoms with E-state index >= 15 is 0 Å². The number of esters is 1. The van der Waals surface area contributed by atoms with Gasteiger partial charge in [-0.1, -0.05) is 0 Å². The minimum absolute atomic E-state index is 0.163. The maximum absolute atomic E-state index is 11.5. The Balaban J connectivity index is 2.58. The third-order valence-electron chi connectivity index (χ3n) is 2.03. The topological polar surface area (TPSA) is 79.4 Å². The molecule has 0 saturated carbocycles. The average molecular weight is 241 g/mol. The standard InChI is InChI=1S/C11H19N3O3/c1-4-16-11(15)10-9(12)7-14(13-10)5-6-17-8(2)3/h7-8H,4-6,12H2,1-3H3. The number of anilines is 1. The zero-order valence-corrected chi connectivity index (χ0v) is 10.5. The van der Waals surface area contributed by atoms with Gasteiger partial charge in [-0.15, -0.1) is 0 Å². The number of nitrogen functional groups attached to an aromatic ring is 1. The number of ether oxygens (including phenoxy) is 2. The van der Waals surface area contributed by atoms with Crippen LogP contribution in [-0.2, 0) is 16.0 Å². The van der Waals surface area contributed by atoms with Crippen LogP contribution in [0.4, 0.5) is 5.69 Å². The first-order chi connectivity index (χ1) is 8.04. The van der Waals surface area contributed by atoms with Crippen molar-refractivity contribution in [3.63, 3.8) is 0 Å². The van der Waals surface area contributed by atoms with Gasteiger partial charge in [-0.3, -0.25) is 4.68 Å². The first kappa shape index (κ1) is 13.5. The van der Waals surface area contributed by atoms with Gasteiger partial charge in [-0.2, -0.15) is 5.10 Å². The van der Waals surface area contributed by atoms with Gasteiger partial charge in [0.2, 0.25) is 0 Å². The normalized spacial score (nSPS) is 10.8. The van der Waals surface area contributed by atoms with Crippen LogP contribution in [0.15, 0.2) is 6.20 Å². The molecule has 6 nitrogen and oxygen atoms in total. The molecule has 0 saturated heterocycles. The number of rotatable bonds is 6. The Bertz CT molecular complexity index is 374. The highest BCUT2D eigenvalue weighted by molar-refractivity contribution is 5.92. The summed E-state index contributed by atoms with van der Waals surface area (Å²) >= 11 is 0. The lowest BCUT2D eigenvalue weighted by Gasteiger charge is -2.06. The Kier molecular flexibility index (Phi) is 4.96. The van der Waals surface area contributed by atoms with Gasteiger partial charge >= 0.3 is 5.97 Å². The lowest BCUT2D eigenvalue weighted by atomic mass is 10.4. The van der Waals surface area contributed by atoms with Crippen LogP contribution >= 0.6 is 0 Å². The van der Waals surface area contributed by atoms with Crippen LogP contribution in [-0.4, -0.2) is 35.1 Å². The van der Waals surface area contributed by atoms with Crippen molar-refractivity contribution in [1.29, 1.82) is 0 Å². The van der Waals surface area contributed by atoms with Gasteiger partial charge in [0.25, 0.3) is 0 Å². The minimum atomic E-state index is -0.492. The number of nitrogens with zero attached hydrogens (tertiary/aromatic N) is 2. The summed E-state index contributed by atoms with van der Waals surface area (Å²) in [6, 6.07) is 0. The lowest BCUT2D eigenvalue weighted by molar-refractivity contribution is 0.0515. The van der Waals surface area contributed by atoms with E-state index in [0.29, 0.717) is 25.4 Å². The number of nitrogens with two attached hydrogens (primary N) is 1. The van der Waals surface area contributed by atoms with E-state index in [4.69, 9.17) is 15.2 Å². The number of carbonyl (C=O) groups is 1. The Morgan fingerprint density at radius 3 is 2.88 bits per heavy atom. The fourth-order valence-corrected chi connectivity index (χ4v) is 1.29. The first-order valence-electron chi connectivity index (χ1n) is 5.66. The van der Waals surface area contributed by atoms with Gasteiger partial charge in [0, 0.05) is 6.20 Å². The highest BCUT2D eigenvalue weighted by Crippen LogP contribution is 2.10. The summed E-state index contributed by atoms with van der Waals surface area (Å²) in [5, 5.41) is 4.06. The van der Waals surface area contributed by atoms with Crippen LogP contribution < -0.4 is 5.73 Å². The van der Waals surface area contributed by atoms with Crippen molar-refractivity contribution in [2.24, 2.45) is 0 Å². The summed E-state index contributed by atoms with van der Waals surface area (Å²) in [5.41, 5.74) is 6.17. The molecular weight excluding hydrogens is 222 g/mol. The van der Waals surface area contributed by atoms with Crippen LogP contribution in [0.5, 0.6) is 0 Å². The first-order valence-corrected chi connectivity index (χ1v) is 5.66. The van der Waals surface area contributed by atoms with Gasteiger partial charge in [0.15, 0.2) is 5.69 Å². The van der Waals surface area contributed by atoms with Gasteiger partial charge < -0.3 is 15.2 Å². The molecule has 0 aliphatic carbocycles. The lowest BCUT2D eigenvalue weighted by Crippen LogP contribution is -2.12. The second kappa shape index (κ2) is 6.24. The summed E-state index contributed by atoms with van der Waals surface area (Å²) in [5.74, 6) is -0.492. The van der Waals surface area contributed by atoms with Crippen LogP contribution in [0.3, 0.4) is 0 Å². The molecule has 0 unspecified atom stereocenters. The van der Waals surface area contributed by atoms with E-state index in [1.54, 1.807) is 17.8 Å². The summed E-state index contributed by atoms with van der Waals surface area (Å²) in [7, 11) is 0. The molecule has 1 heterocycles. The molecule has 0 aliphatic rings. The highest BCUT2D eigenvalue weighted by atomic mass is 16.5. The van der Waals surface area contributed by atoms with E-state index in [0.717, 1.165) is 0 Å². The Morgan fingerprint density at radius 1 is 1.59 bits per heavy atom. The molecule has 0 radical (unpaired) electrons. The monoisotopic (exact) mass is 241 g/mol. The maximum atomic E-state index is 11.5. The molecule has 96 valence electrons. The van der Waals surface area contributed by atoms with Crippen molar-refractivity contribution in [3.8, 4) is 0 Å². The van der Waals surface area contributed by atoms with Gasteiger partial charge in [-0.25, -0.2) is 4.79 Å². The van der Waals surface area contributed by atoms with Gasteiger partial charge in [-0.05, 0) is 20.8 Å². The molecule has 1 aromatic rings. The molecule has 0 fully saturated rings. The number of hydrogen-bond donors (Lipinski definition) is 1. The fourth-order valence-electron chi connectivity index (χ4n) is 1.29. The third-order valence-corrected chi connectivity index (χ3v) is 2.03. The van der Waals surface area contributed by atoms with E-state index < -0.39 is 5.97 Å². The third kappa shape index (κ3) is 4.07. The molecule has 6 heteroatoms. The summed E-state index contributed by atoms with van der Waals surface area (Å²) in [4.78, 5) is 11.5. The molecule has 1 aromatic heterocycles. The van der Waals surface area contributed by atoms with Crippen LogP contribution in [0.1, 0.15) is 31.3 Å². The van der Waals surface area contributed by atoms with Crippen molar-refractivity contribution in [2.45, 2.75) is 33.4 Å². The van der Waals surface area contributed by atoms with Crippen molar-refractivity contribution < 1.29 is 14.3 Å². The van der Waals surface area contributed by atoms with E-state index in [2.05, 4.69) is 5.10 Å². The van der Waals surface area contributed by atoms with E-state index in [1.165, 1.54) is 0 Å². The molecule has 1 rings (SSSR count). The summed E-state index contributed by atoms with van der Waals surface area (Å²) < 4.78 is 11.8. The zero-order chi connectivity index (χ0) is 12.8. The number of carbonyl (C=O) groups excluding carboxylic acids is 1. The molecule has 0 aromatic carbocycles. The SMILES string of the molecule is CCOC(=O)c1nn(CCOC(C)C)cc1N. The Morgan fingerprint density at radius 2 is 2.29 bits per heavy atom. The predicted octanol–water partition coefficient (Wildman–Crippen LogP) is 1.07. The molecule has 2 N–H and O–H groups in total. The molecule has 0 bridgehead atoms. The molecular formula is C11H19N3O3. The van der Waals surface area contributed by atoms with Crippen molar-refractivity contribution in [3.05, 3.63) is 11.9 Å². The van der Waals surface area contributed by atoms with Crippen molar-refractivity contribution >= 4 is 11.7 Å². The fraction of sp³-hybridized carbons (Fsp3) is 0.636. The minimum Gasteiger partial charge on any atom is -0.461 e. The quantitative estimate of drug-likeness (QED) is 0.753. The Labute approximate surface area is 101 Å². The van der Waals surface area contributed by atoms with Crippen molar-refractivity contribution in [1.82, 2.24) is 9.78 Å². The second-order valence-electron chi connectivity index (χ2n) is 3.84. The van der Waals surface area contributed by atoms with Crippen LogP contribution in [0.2, 0.25) is 0 Å². The molecule has 0 spiro atoms. The zero-order valence-electron chi connectivity index (χ0n) is 10.5. The van der Waals surface area contributed by atoms with Crippen molar-refractivity contribution in [2.75, 3.05) is 18.9 Å². The van der Waals surface area contributed by atoms with Crippen LogP contribution in [0, 0.1) is 0 Å². The van der Waals surface area contributed by atoms with Gasteiger partial charge in [0.05, 0.1) is 31.5 Å². The van der Waals surface area contributed by atoms with E-state index in [-0.39, 0.29) is 11.8 Å². The summed E-state index contributed by atoms with van der Waals surface area (Å²) in [6.07, 6.45) is 1.78. The molecule has 0 atom stereocenters. The highest BCUT2D eigenvalue weighted by Gasteiger charge is 2.15. The smallest absolute Gasteiger partial charge is 0.361 e. The second-order valence-corrected chi connectivity index (χ2v) is 3.84. The van der Waals surface area contributed by atoms with Gasteiger partial charge in [0.1, 0.15) is 0 Å². The maximum Gasteiger partial charge on any atom is 0.361 e. The molecule has 0 aliphatic heterocycles. The number of hydrogen-bond acceptors (Lipinski definition) is 5. The largest absolute Gasteiger partial charge is 0.461 e. The molecule has 17 heavy (non-hydrogen) atoms. The molecule has 0 amide bonds. The number of aromatic nitrogens is 2. The predicted molar refractivity (Wildman–Crippen MR) is 63.7 cm³/mol.